The van der Waals surface area contributed by atoms with E-state index in [1.807, 2.05) is 0 Å². The summed E-state index contributed by atoms with van der Waals surface area (Å²) in [5, 5.41) is 3.09. The zero-order valence-corrected chi connectivity index (χ0v) is 9.68. The van der Waals surface area contributed by atoms with Crippen molar-refractivity contribution in [3.63, 3.8) is 0 Å². The number of esters is 1. The third-order valence-corrected chi connectivity index (χ3v) is 2.38. The Balaban J connectivity index is 2.44. The van der Waals surface area contributed by atoms with Gasteiger partial charge in [0, 0.05) is 12.5 Å². The first-order valence-electron chi connectivity index (χ1n) is 5.48. The number of rotatable bonds is 2. The first kappa shape index (κ1) is 12.4. The van der Waals surface area contributed by atoms with Gasteiger partial charge in [-0.3, -0.25) is 0 Å². The van der Waals surface area contributed by atoms with E-state index in [4.69, 9.17) is 4.74 Å². The summed E-state index contributed by atoms with van der Waals surface area (Å²) in [6, 6.07) is 0. The van der Waals surface area contributed by atoms with Gasteiger partial charge in [0.05, 0.1) is 0 Å². The second-order valence-corrected chi connectivity index (χ2v) is 5.04. The summed E-state index contributed by atoms with van der Waals surface area (Å²) in [5.41, 5.74) is -0.608. The fourth-order valence-corrected chi connectivity index (χ4v) is 1.68. The van der Waals surface area contributed by atoms with Crippen LogP contribution in [-0.4, -0.2) is 30.8 Å². The Hall–Kier alpha value is -0.640. The van der Waals surface area contributed by atoms with Crippen LogP contribution in [-0.2, 0) is 9.53 Å². The molecular formula is C11H20FNO2. The number of carbonyl (C=O) groups excluding carboxylic acids is 1. The van der Waals surface area contributed by atoms with Crippen molar-refractivity contribution in [2.24, 2.45) is 5.92 Å². The summed E-state index contributed by atoms with van der Waals surface area (Å²) >= 11 is 0. The van der Waals surface area contributed by atoms with Gasteiger partial charge < -0.3 is 10.1 Å². The maximum Gasteiger partial charge on any atom is 0.341 e. The highest BCUT2D eigenvalue weighted by molar-refractivity contribution is 5.75. The number of piperidine rings is 1. The van der Waals surface area contributed by atoms with Crippen LogP contribution in [0.4, 0.5) is 4.39 Å². The summed E-state index contributed by atoms with van der Waals surface area (Å²) in [6.07, 6.45) is 0.193. The Labute approximate surface area is 90.4 Å². The van der Waals surface area contributed by atoms with Gasteiger partial charge in [-0.1, -0.05) is 0 Å². The zero-order valence-electron chi connectivity index (χ0n) is 9.68. The van der Waals surface area contributed by atoms with Crippen LogP contribution in [0.1, 0.15) is 33.6 Å². The second-order valence-electron chi connectivity index (χ2n) is 5.04. The highest BCUT2D eigenvalue weighted by Gasteiger charge is 2.32. The van der Waals surface area contributed by atoms with E-state index < -0.39 is 17.7 Å². The molecule has 0 spiro atoms. The largest absolute Gasteiger partial charge is 0.458 e. The Morgan fingerprint density at radius 3 is 2.67 bits per heavy atom. The molecule has 0 aliphatic carbocycles. The highest BCUT2D eigenvalue weighted by Crippen LogP contribution is 2.20. The van der Waals surface area contributed by atoms with E-state index >= 15 is 0 Å². The molecule has 0 aromatic rings. The van der Waals surface area contributed by atoms with Gasteiger partial charge in [-0.2, -0.15) is 0 Å². The number of nitrogens with one attached hydrogen (secondary N) is 1. The molecule has 1 rings (SSSR count). The topological polar surface area (TPSA) is 38.3 Å². The van der Waals surface area contributed by atoms with Crippen molar-refractivity contribution in [3.8, 4) is 0 Å². The maximum absolute atomic E-state index is 13.7. The van der Waals surface area contributed by atoms with E-state index in [0.717, 1.165) is 19.4 Å². The first-order valence-corrected chi connectivity index (χ1v) is 5.48. The predicted octanol–water partition coefficient (Wildman–Crippen LogP) is 1.67. The van der Waals surface area contributed by atoms with Crippen molar-refractivity contribution in [1.29, 1.82) is 0 Å². The molecule has 1 aliphatic heterocycles. The molecule has 1 heterocycles. The third-order valence-electron chi connectivity index (χ3n) is 2.38. The van der Waals surface area contributed by atoms with Gasteiger partial charge in [-0.05, 0) is 40.2 Å². The molecule has 1 fully saturated rings. The molecule has 4 heteroatoms. The van der Waals surface area contributed by atoms with E-state index in [1.165, 1.54) is 0 Å². The molecule has 3 nitrogen and oxygen atoms in total. The van der Waals surface area contributed by atoms with Gasteiger partial charge in [0.15, 0.2) is 0 Å². The second kappa shape index (κ2) is 4.92. The van der Waals surface area contributed by atoms with Gasteiger partial charge in [0.25, 0.3) is 0 Å². The van der Waals surface area contributed by atoms with Gasteiger partial charge in [0.2, 0.25) is 6.17 Å². The fourth-order valence-electron chi connectivity index (χ4n) is 1.68. The van der Waals surface area contributed by atoms with E-state index in [-0.39, 0.29) is 5.92 Å². The lowest BCUT2D eigenvalue weighted by atomic mass is 9.94. The van der Waals surface area contributed by atoms with Gasteiger partial charge in [0.1, 0.15) is 5.60 Å². The van der Waals surface area contributed by atoms with Crippen LogP contribution in [0.3, 0.4) is 0 Å². The van der Waals surface area contributed by atoms with E-state index in [1.54, 1.807) is 20.8 Å². The molecule has 2 unspecified atom stereocenters. The van der Waals surface area contributed by atoms with Crippen molar-refractivity contribution >= 4 is 5.97 Å². The number of hydrogen-bond donors (Lipinski definition) is 1. The highest BCUT2D eigenvalue weighted by atomic mass is 19.1. The van der Waals surface area contributed by atoms with Gasteiger partial charge in [-0.15, -0.1) is 0 Å². The van der Waals surface area contributed by atoms with Crippen molar-refractivity contribution in [1.82, 2.24) is 5.32 Å². The summed E-state index contributed by atoms with van der Waals surface area (Å²) in [4.78, 5) is 11.4. The van der Waals surface area contributed by atoms with E-state index in [2.05, 4.69) is 5.32 Å². The minimum Gasteiger partial charge on any atom is -0.458 e. The Kier molecular flexibility index (Phi) is 4.08. The number of hydrogen-bond acceptors (Lipinski definition) is 3. The monoisotopic (exact) mass is 217 g/mol. The molecule has 0 aromatic carbocycles. The van der Waals surface area contributed by atoms with Crippen LogP contribution in [0.25, 0.3) is 0 Å². The standard InChI is InChI=1S/C11H20FNO2/c1-11(2,3)15-10(14)9(12)8-5-4-6-13-7-8/h8-9,13H,4-7H2,1-3H3. The number of carbonyl (C=O) groups is 1. The minimum absolute atomic E-state index is 0.228. The zero-order chi connectivity index (χ0) is 11.5. The quantitative estimate of drug-likeness (QED) is 0.715. The molecule has 15 heavy (non-hydrogen) atoms. The Morgan fingerprint density at radius 1 is 1.53 bits per heavy atom. The minimum atomic E-state index is -1.49. The molecule has 1 N–H and O–H groups in total. The molecule has 0 aromatic heterocycles. The van der Waals surface area contributed by atoms with Gasteiger partial charge >= 0.3 is 5.97 Å². The lowest BCUT2D eigenvalue weighted by Gasteiger charge is -2.27. The third kappa shape index (κ3) is 4.16. The average molecular weight is 217 g/mol. The first-order chi connectivity index (χ1) is 6.90. The maximum atomic E-state index is 13.7. The molecular weight excluding hydrogens is 197 g/mol. The van der Waals surface area contributed by atoms with Gasteiger partial charge in [-0.25, -0.2) is 9.18 Å². The molecule has 0 radical (unpaired) electrons. The summed E-state index contributed by atoms with van der Waals surface area (Å²) in [5.74, 6) is -0.954. The van der Waals surface area contributed by atoms with E-state index in [9.17, 15) is 9.18 Å². The molecule has 88 valence electrons. The molecule has 0 bridgehead atoms. The normalized spacial score (nSPS) is 24.7. The molecule has 1 aliphatic rings. The predicted molar refractivity (Wildman–Crippen MR) is 56.3 cm³/mol. The van der Waals surface area contributed by atoms with Crippen molar-refractivity contribution < 1.29 is 13.9 Å². The Bertz CT molecular complexity index is 219. The molecule has 0 amide bonds. The van der Waals surface area contributed by atoms with Crippen LogP contribution in [0.5, 0.6) is 0 Å². The van der Waals surface area contributed by atoms with Crippen LogP contribution >= 0.6 is 0 Å². The number of alkyl halides is 1. The SMILES string of the molecule is CC(C)(C)OC(=O)C(F)C1CCCNC1. The van der Waals surface area contributed by atoms with Crippen molar-refractivity contribution in [2.75, 3.05) is 13.1 Å². The van der Waals surface area contributed by atoms with E-state index in [0.29, 0.717) is 6.54 Å². The van der Waals surface area contributed by atoms with Crippen LogP contribution in [0.15, 0.2) is 0 Å². The Morgan fingerprint density at radius 2 is 2.20 bits per heavy atom. The lowest BCUT2D eigenvalue weighted by molar-refractivity contribution is -0.163. The summed E-state index contributed by atoms with van der Waals surface area (Å²) in [6.45, 7) is 6.72. The number of halogens is 1. The van der Waals surface area contributed by atoms with Crippen molar-refractivity contribution in [2.45, 2.75) is 45.4 Å². The molecule has 1 saturated heterocycles. The summed E-state index contributed by atoms with van der Waals surface area (Å²) in [7, 11) is 0. The average Bonchev–Trinajstić information content (AvgIpc) is 2.15. The number of ether oxygens (including phenoxy) is 1. The lowest BCUT2D eigenvalue weighted by Crippen LogP contribution is -2.41. The fraction of sp³-hybridized carbons (Fsp3) is 0.909. The van der Waals surface area contributed by atoms with Crippen molar-refractivity contribution in [3.05, 3.63) is 0 Å². The molecule has 2 atom stereocenters. The van der Waals surface area contributed by atoms with Crippen LogP contribution in [0.2, 0.25) is 0 Å². The smallest absolute Gasteiger partial charge is 0.341 e. The summed E-state index contributed by atoms with van der Waals surface area (Å²) < 4.78 is 18.7. The van der Waals surface area contributed by atoms with Crippen LogP contribution < -0.4 is 5.32 Å². The molecule has 0 saturated carbocycles. The van der Waals surface area contributed by atoms with Crippen LogP contribution in [0, 0.1) is 5.92 Å².